The Morgan fingerprint density at radius 1 is 1.24 bits per heavy atom. The summed E-state index contributed by atoms with van der Waals surface area (Å²) in [5, 5.41) is 9.76. The smallest absolute Gasteiger partial charge is 0.224 e. The molecule has 3 rings (SSSR count). The van der Waals surface area contributed by atoms with Crippen LogP contribution in [0.5, 0.6) is 0 Å². The Morgan fingerprint density at radius 2 is 2.00 bits per heavy atom. The molecule has 1 aliphatic rings. The minimum atomic E-state index is 0.00124. The van der Waals surface area contributed by atoms with Crippen LogP contribution in [0.15, 0.2) is 65.8 Å². The number of pyridine rings is 1. The summed E-state index contributed by atoms with van der Waals surface area (Å²) in [5.74, 6) is 0.432. The third-order valence-corrected chi connectivity index (χ3v) is 5.13. The maximum Gasteiger partial charge on any atom is 0.224 e. The topological polar surface area (TPSA) is 93.5 Å². The van der Waals surface area contributed by atoms with E-state index in [-0.39, 0.29) is 5.91 Å². The van der Waals surface area contributed by atoms with Crippen molar-refractivity contribution in [1.82, 2.24) is 9.88 Å². The lowest BCUT2D eigenvalue weighted by Gasteiger charge is -2.32. The van der Waals surface area contributed by atoms with Crippen LogP contribution in [0.25, 0.3) is 0 Å². The fraction of sp³-hybridized carbons (Fsp3) is 0.364. The van der Waals surface area contributed by atoms with Crippen molar-refractivity contribution in [3.63, 3.8) is 0 Å². The molecule has 2 heterocycles. The van der Waals surface area contributed by atoms with E-state index >= 15 is 0 Å². The molecule has 2 aromatic rings. The van der Waals surface area contributed by atoms with Crippen molar-refractivity contribution in [2.75, 3.05) is 30.3 Å². The molecule has 1 amide bonds. The SMILES string of the molecule is CCC(=O)Nc1cncc(C2CCN(C/C(=C/Nc3ccccc3)N=N)CC2)c1. The van der Waals surface area contributed by atoms with Gasteiger partial charge in [0.1, 0.15) is 0 Å². The first-order valence-corrected chi connectivity index (χ1v) is 10.0. The van der Waals surface area contributed by atoms with Gasteiger partial charge < -0.3 is 10.6 Å². The maximum absolute atomic E-state index is 11.6. The van der Waals surface area contributed by atoms with E-state index in [4.69, 9.17) is 5.53 Å². The number of para-hydroxylation sites is 1. The number of likely N-dealkylation sites (tertiary alicyclic amines) is 1. The first kappa shape index (κ1) is 20.7. The van der Waals surface area contributed by atoms with E-state index in [2.05, 4.69) is 25.6 Å². The molecule has 1 aromatic carbocycles. The van der Waals surface area contributed by atoms with Gasteiger partial charge >= 0.3 is 0 Å². The van der Waals surface area contributed by atoms with Crippen molar-refractivity contribution < 1.29 is 4.79 Å². The van der Waals surface area contributed by atoms with Gasteiger partial charge in [0.15, 0.2) is 0 Å². The Labute approximate surface area is 171 Å². The normalized spacial score (nSPS) is 15.7. The molecule has 0 radical (unpaired) electrons. The van der Waals surface area contributed by atoms with Gasteiger partial charge in [-0.1, -0.05) is 25.1 Å². The van der Waals surface area contributed by atoms with Gasteiger partial charge in [0.25, 0.3) is 0 Å². The van der Waals surface area contributed by atoms with Gasteiger partial charge in [-0.3, -0.25) is 14.7 Å². The van der Waals surface area contributed by atoms with Gasteiger partial charge in [0.2, 0.25) is 5.91 Å². The van der Waals surface area contributed by atoms with Crippen LogP contribution in [0.4, 0.5) is 11.4 Å². The monoisotopic (exact) mass is 392 g/mol. The molecule has 29 heavy (non-hydrogen) atoms. The lowest BCUT2D eigenvalue weighted by atomic mass is 9.90. The van der Waals surface area contributed by atoms with Crippen LogP contribution < -0.4 is 10.6 Å². The number of hydrogen-bond donors (Lipinski definition) is 3. The summed E-state index contributed by atoms with van der Waals surface area (Å²) in [7, 11) is 0. The van der Waals surface area contributed by atoms with Crippen molar-refractivity contribution in [3.05, 3.63) is 66.3 Å². The average molecular weight is 393 g/mol. The molecule has 0 unspecified atom stereocenters. The van der Waals surface area contributed by atoms with E-state index in [9.17, 15) is 4.79 Å². The van der Waals surface area contributed by atoms with Crippen LogP contribution in [-0.4, -0.2) is 35.4 Å². The van der Waals surface area contributed by atoms with E-state index in [1.54, 1.807) is 12.4 Å². The number of nitrogens with one attached hydrogen (secondary N) is 3. The minimum absolute atomic E-state index is 0.00124. The van der Waals surface area contributed by atoms with E-state index in [0.29, 0.717) is 24.6 Å². The summed E-state index contributed by atoms with van der Waals surface area (Å²) in [6.45, 7) is 4.37. The molecule has 0 aliphatic carbocycles. The first-order chi connectivity index (χ1) is 14.2. The predicted octanol–water partition coefficient (Wildman–Crippen LogP) is 4.59. The number of rotatable bonds is 8. The molecule has 7 heteroatoms. The van der Waals surface area contributed by atoms with Crippen molar-refractivity contribution in [1.29, 1.82) is 5.53 Å². The number of aromatic nitrogens is 1. The maximum atomic E-state index is 11.6. The van der Waals surface area contributed by atoms with Gasteiger partial charge in [0.05, 0.1) is 17.6 Å². The Bertz CT molecular complexity index is 843. The Balaban J connectivity index is 1.52. The number of amides is 1. The van der Waals surface area contributed by atoms with Crippen LogP contribution >= 0.6 is 0 Å². The van der Waals surface area contributed by atoms with E-state index in [0.717, 1.165) is 37.3 Å². The highest BCUT2D eigenvalue weighted by Crippen LogP contribution is 2.29. The molecule has 3 N–H and O–H groups in total. The molecular weight excluding hydrogens is 364 g/mol. The summed E-state index contributed by atoms with van der Waals surface area (Å²) < 4.78 is 0. The number of nitrogens with zero attached hydrogens (tertiary/aromatic N) is 3. The summed E-state index contributed by atoms with van der Waals surface area (Å²) in [6, 6.07) is 11.9. The van der Waals surface area contributed by atoms with Crippen molar-refractivity contribution in [2.24, 2.45) is 5.11 Å². The summed E-state index contributed by atoms with van der Waals surface area (Å²) in [4.78, 5) is 18.2. The molecule has 0 atom stereocenters. The van der Waals surface area contributed by atoms with Gasteiger partial charge in [-0.05, 0) is 55.6 Å². The van der Waals surface area contributed by atoms with E-state index in [1.807, 2.05) is 49.5 Å². The third kappa shape index (κ3) is 6.22. The average Bonchev–Trinajstić information content (AvgIpc) is 2.78. The quantitative estimate of drug-likeness (QED) is 0.573. The Hall–Kier alpha value is -3.06. The second-order valence-corrected chi connectivity index (χ2v) is 7.22. The number of anilines is 2. The van der Waals surface area contributed by atoms with Gasteiger partial charge in [-0.15, -0.1) is 0 Å². The second kappa shape index (κ2) is 10.5. The lowest BCUT2D eigenvalue weighted by Crippen LogP contribution is -2.34. The van der Waals surface area contributed by atoms with Crippen LogP contribution in [0.1, 0.15) is 37.7 Å². The zero-order valence-corrected chi connectivity index (χ0v) is 16.8. The number of carbonyl (C=O) groups excluding carboxylic acids is 1. The second-order valence-electron chi connectivity index (χ2n) is 7.22. The molecule has 1 fully saturated rings. The fourth-order valence-electron chi connectivity index (χ4n) is 3.47. The van der Waals surface area contributed by atoms with Crippen LogP contribution in [0, 0.1) is 5.53 Å². The third-order valence-electron chi connectivity index (χ3n) is 5.13. The molecule has 152 valence electrons. The molecule has 7 nitrogen and oxygen atoms in total. The number of benzene rings is 1. The minimum Gasteiger partial charge on any atom is -0.360 e. The predicted molar refractivity (Wildman–Crippen MR) is 115 cm³/mol. The Kier molecular flexibility index (Phi) is 7.47. The van der Waals surface area contributed by atoms with E-state index in [1.165, 1.54) is 5.56 Å². The lowest BCUT2D eigenvalue weighted by molar-refractivity contribution is -0.115. The molecular formula is C22H28N6O. The highest BCUT2D eigenvalue weighted by atomic mass is 16.1. The number of hydrogen-bond acceptors (Lipinski definition) is 6. The van der Waals surface area contributed by atoms with Crippen molar-refractivity contribution >= 4 is 17.3 Å². The van der Waals surface area contributed by atoms with Crippen LogP contribution in [-0.2, 0) is 4.79 Å². The fourth-order valence-corrected chi connectivity index (χ4v) is 3.47. The highest BCUT2D eigenvalue weighted by Gasteiger charge is 2.21. The van der Waals surface area contributed by atoms with E-state index < -0.39 is 0 Å². The number of carbonyl (C=O) groups is 1. The standard InChI is InChI=1S/C22H28N6O/c1-2-22(29)26-20-12-18(13-24-14-20)17-8-10-28(11-9-17)16-21(27-23)15-25-19-6-4-3-5-7-19/h3-7,12-15,17,23,25H,2,8-11,16H2,1H3,(H,26,29)/b21-15-,27-23?. The van der Waals surface area contributed by atoms with Crippen LogP contribution in [0.3, 0.4) is 0 Å². The van der Waals surface area contributed by atoms with Gasteiger partial charge in [-0.25, -0.2) is 5.53 Å². The zero-order valence-electron chi connectivity index (χ0n) is 16.8. The molecule has 1 aliphatic heterocycles. The number of piperidine rings is 1. The molecule has 0 spiro atoms. The van der Waals surface area contributed by atoms with Crippen molar-refractivity contribution in [3.8, 4) is 0 Å². The Morgan fingerprint density at radius 3 is 2.69 bits per heavy atom. The summed E-state index contributed by atoms with van der Waals surface area (Å²) >= 11 is 0. The summed E-state index contributed by atoms with van der Waals surface area (Å²) in [6.07, 6.45) is 7.89. The van der Waals surface area contributed by atoms with Crippen molar-refractivity contribution in [2.45, 2.75) is 32.1 Å². The van der Waals surface area contributed by atoms with Gasteiger partial charge in [-0.2, -0.15) is 5.11 Å². The molecule has 1 aromatic heterocycles. The first-order valence-electron chi connectivity index (χ1n) is 10.0. The molecule has 1 saturated heterocycles. The zero-order chi connectivity index (χ0) is 20.5. The summed E-state index contributed by atoms with van der Waals surface area (Å²) in [5.41, 5.74) is 11.1. The van der Waals surface area contributed by atoms with Crippen LogP contribution in [0.2, 0.25) is 0 Å². The van der Waals surface area contributed by atoms with Gasteiger partial charge in [0, 0.05) is 31.0 Å². The molecule has 0 bridgehead atoms. The highest BCUT2D eigenvalue weighted by molar-refractivity contribution is 5.90. The molecule has 0 saturated carbocycles. The largest absolute Gasteiger partial charge is 0.360 e.